The van der Waals surface area contributed by atoms with Crippen LogP contribution in [0.3, 0.4) is 0 Å². The summed E-state index contributed by atoms with van der Waals surface area (Å²) in [5.41, 5.74) is 0. The van der Waals surface area contributed by atoms with Crippen LogP contribution in [0.2, 0.25) is 0 Å². The lowest BCUT2D eigenvalue weighted by atomic mass is 9.99. The maximum absolute atomic E-state index is 13.2. The second-order valence-corrected chi connectivity index (χ2v) is 29.6. The molecular weight excluding hydrogens is 1140 g/mol. The van der Waals surface area contributed by atoms with Gasteiger partial charge < -0.3 is 40.3 Å². The average Bonchev–Trinajstić information content (AvgIpc) is 1.00. The van der Waals surface area contributed by atoms with Crippen LogP contribution in [0.1, 0.15) is 457 Å². The minimum absolute atomic E-state index is 0.131. The van der Waals surface area contributed by atoms with Crippen molar-refractivity contribution in [1.82, 2.24) is 5.32 Å². The number of hydrogen-bond donors (Lipinski definition) is 6. The van der Waals surface area contributed by atoms with Crippen LogP contribution in [0.4, 0.5) is 0 Å². The van der Waals surface area contributed by atoms with Crippen LogP contribution >= 0.6 is 0 Å². The van der Waals surface area contributed by atoms with Crippen LogP contribution < -0.4 is 5.32 Å². The summed E-state index contributed by atoms with van der Waals surface area (Å²) in [4.78, 5) is 13.2. The first-order chi connectivity index (χ1) is 45.3. The molecule has 7 unspecified atom stereocenters. The summed E-state index contributed by atoms with van der Waals surface area (Å²) in [5.74, 6) is -0.132. The number of aliphatic hydroxyl groups excluding tert-OH is 5. The van der Waals surface area contributed by atoms with E-state index in [0.717, 1.165) is 38.5 Å². The summed E-state index contributed by atoms with van der Waals surface area (Å²) in [6.45, 7) is 3.92. The molecule has 1 saturated heterocycles. The molecule has 0 aromatic carbocycles. The zero-order valence-electron chi connectivity index (χ0n) is 61.9. The van der Waals surface area contributed by atoms with E-state index in [4.69, 9.17) is 9.47 Å². The molecule has 0 bridgehead atoms. The van der Waals surface area contributed by atoms with E-state index in [1.54, 1.807) is 0 Å². The highest BCUT2D eigenvalue weighted by Crippen LogP contribution is 2.25. The molecule has 0 aliphatic carbocycles. The van der Waals surface area contributed by atoms with Crippen molar-refractivity contribution in [2.75, 3.05) is 13.2 Å². The van der Waals surface area contributed by atoms with Crippen LogP contribution in [-0.4, -0.2) is 87.5 Å². The number of carbonyl (C=O) groups is 1. The van der Waals surface area contributed by atoms with E-state index < -0.39 is 49.5 Å². The molecule has 0 aromatic rings. The van der Waals surface area contributed by atoms with Gasteiger partial charge in [-0.15, -0.1) is 0 Å². The van der Waals surface area contributed by atoms with Gasteiger partial charge in [0.15, 0.2) is 6.29 Å². The molecule has 1 aliphatic heterocycles. The van der Waals surface area contributed by atoms with E-state index in [0.29, 0.717) is 12.8 Å². The van der Waals surface area contributed by atoms with E-state index in [1.807, 2.05) is 0 Å². The van der Waals surface area contributed by atoms with Crippen LogP contribution in [0.15, 0.2) is 12.2 Å². The molecule has 9 heteroatoms. The van der Waals surface area contributed by atoms with Gasteiger partial charge in [0.05, 0.1) is 25.4 Å². The maximum atomic E-state index is 13.2. The lowest BCUT2D eigenvalue weighted by Gasteiger charge is -2.40. The highest BCUT2D eigenvalue weighted by atomic mass is 16.7. The molecule has 1 amide bonds. The number of allylic oxidation sites excluding steroid dienone is 2. The lowest BCUT2D eigenvalue weighted by Crippen LogP contribution is -2.60. The summed E-state index contributed by atoms with van der Waals surface area (Å²) in [7, 11) is 0. The number of unbranched alkanes of at least 4 members (excludes halogenated alkanes) is 64. The molecule has 1 rings (SSSR count). The number of nitrogens with one attached hydrogen (secondary N) is 1. The molecule has 92 heavy (non-hydrogen) atoms. The third-order valence-electron chi connectivity index (χ3n) is 20.6. The Labute approximate surface area is 573 Å². The number of hydrogen-bond acceptors (Lipinski definition) is 8. The monoisotopic (exact) mass is 1300 g/mol. The molecule has 0 saturated carbocycles. The predicted octanol–water partition coefficient (Wildman–Crippen LogP) is 24.2. The molecule has 1 aliphatic rings. The third-order valence-corrected chi connectivity index (χ3v) is 20.6. The van der Waals surface area contributed by atoms with Gasteiger partial charge in [0, 0.05) is 6.42 Å². The number of rotatable bonds is 76. The summed E-state index contributed by atoms with van der Waals surface area (Å²) >= 11 is 0. The largest absolute Gasteiger partial charge is 0.394 e. The van der Waals surface area contributed by atoms with Crippen molar-refractivity contribution in [3.63, 3.8) is 0 Å². The Balaban J connectivity index is 2.02. The third kappa shape index (κ3) is 60.1. The Kier molecular flexibility index (Phi) is 70.3. The Bertz CT molecular complexity index is 1460. The predicted molar refractivity (Wildman–Crippen MR) is 397 cm³/mol. The Morgan fingerprint density at radius 2 is 0.609 bits per heavy atom. The average molecular weight is 1300 g/mol. The van der Waals surface area contributed by atoms with E-state index in [1.165, 1.54) is 392 Å². The quantitative estimate of drug-likeness (QED) is 0.0261. The van der Waals surface area contributed by atoms with Crippen LogP contribution in [0, 0.1) is 0 Å². The molecule has 0 radical (unpaired) electrons. The van der Waals surface area contributed by atoms with Crippen molar-refractivity contribution in [1.29, 1.82) is 0 Å². The van der Waals surface area contributed by atoms with Gasteiger partial charge >= 0.3 is 0 Å². The maximum Gasteiger partial charge on any atom is 0.220 e. The van der Waals surface area contributed by atoms with E-state index in [-0.39, 0.29) is 12.5 Å². The summed E-state index contributed by atoms with van der Waals surface area (Å²) in [6, 6.07) is -0.718. The molecule has 0 spiro atoms. The Morgan fingerprint density at radius 1 is 0.359 bits per heavy atom. The van der Waals surface area contributed by atoms with Crippen molar-refractivity contribution in [2.24, 2.45) is 0 Å². The fraction of sp³-hybridized carbons (Fsp3) is 0.964. The highest BCUT2D eigenvalue weighted by Gasteiger charge is 2.44. The number of carbonyl (C=O) groups excluding carboxylic acids is 1. The van der Waals surface area contributed by atoms with Crippen molar-refractivity contribution in [3.8, 4) is 0 Å². The minimum Gasteiger partial charge on any atom is -0.394 e. The van der Waals surface area contributed by atoms with Gasteiger partial charge in [-0.2, -0.15) is 0 Å². The van der Waals surface area contributed by atoms with Gasteiger partial charge in [0.2, 0.25) is 5.91 Å². The van der Waals surface area contributed by atoms with Crippen molar-refractivity contribution >= 4 is 5.91 Å². The van der Waals surface area contributed by atoms with E-state index in [9.17, 15) is 30.3 Å². The van der Waals surface area contributed by atoms with Crippen LogP contribution in [-0.2, 0) is 14.3 Å². The Hall–Kier alpha value is -1.07. The first-order valence-electron chi connectivity index (χ1n) is 41.9. The van der Waals surface area contributed by atoms with Gasteiger partial charge in [-0.3, -0.25) is 4.79 Å². The normalized spacial score (nSPS) is 17.6. The van der Waals surface area contributed by atoms with Crippen LogP contribution in [0.5, 0.6) is 0 Å². The summed E-state index contributed by atoms with van der Waals surface area (Å²) < 4.78 is 11.4. The molecule has 1 fully saturated rings. The summed E-state index contributed by atoms with van der Waals surface area (Å²) in [6.07, 6.45) is 89.2. The number of aliphatic hydroxyl groups is 5. The molecule has 7 atom stereocenters. The SMILES string of the molecule is CCCCCCCCCC/C=C\CCCCCCCCCCCCCCCCCCCCCCCCCCCC(=O)NC(COC1OC(CO)C(O)C(O)C1O)C(O)CCCCCCCCCCCCCCCCCCCCCCCCCCCCCCCCCC. The smallest absolute Gasteiger partial charge is 0.220 e. The molecular formula is C83H163NO8. The molecule has 548 valence electrons. The summed E-state index contributed by atoms with van der Waals surface area (Å²) in [5, 5.41) is 55.1. The van der Waals surface area contributed by atoms with Crippen molar-refractivity contribution in [2.45, 2.75) is 500 Å². The number of ether oxygens (including phenoxy) is 2. The molecule has 9 nitrogen and oxygen atoms in total. The standard InChI is InChI=1S/C83H163NO8/c1-3-5-7-9-11-13-15-17-19-21-23-25-27-29-31-33-35-37-38-39-40-41-43-45-47-49-51-53-55-57-59-61-63-65-67-69-71-73-79(87)84-76(75-91-83-82(90)81(89)80(88)78(74-85)92-83)77(86)72-70-68-66-64-62-60-58-56-54-52-50-48-46-44-42-36-34-32-30-28-26-24-22-20-18-16-14-12-10-8-6-4-2/h21,23,76-78,80-83,85-86,88-90H,3-20,22,24-75H2,1-2H3,(H,84,87)/b23-21-. The lowest BCUT2D eigenvalue weighted by molar-refractivity contribution is -0.302. The van der Waals surface area contributed by atoms with Gasteiger partial charge in [0.1, 0.15) is 24.4 Å². The molecule has 1 heterocycles. The minimum atomic E-state index is -1.55. The first kappa shape index (κ1) is 88.9. The fourth-order valence-corrected chi connectivity index (χ4v) is 14.1. The van der Waals surface area contributed by atoms with Crippen molar-refractivity contribution in [3.05, 3.63) is 12.2 Å². The van der Waals surface area contributed by atoms with Crippen molar-refractivity contribution < 1.29 is 39.8 Å². The second-order valence-electron chi connectivity index (χ2n) is 29.6. The van der Waals surface area contributed by atoms with E-state index >= 15 is 0 Å². The molecule has 6 N–H and O–H groups in total. The second kappa shape index (κ2) is 72.7. The molecule has 0 aromatic heterocycles. The fourth-order valence-electron chi connectivity index (χ4n) is 14.1. The zero-order chi connectivity index (χ0) is 66.4. The highest BCUT2D eigenvalue weighted by molar-refractivity contribution is 5.76. The van der Waals surface area contributed by atoms with Gasteiger partial charge in [-0.05, 0) is 38.5 Å². The van der Waals surface area contributed by atoms with Gasteiger partial charge in [-0.1, -0.05) is 424 Å². The number of amides is 1. The first-order valence-corrected chi connectivity index (χ1v) is 41.9. The van der Waals surface area contributed by atoms with Gasteiger partial charge in [0.25, 0.3) is 0 Å². The zero-order valence-corrected chi connectivity index (χ0v) is 61.9. The van der Waals surface area contributed by atoms with E-state index in [2.05, 4.69) is 31.3 Å². The topological polar surface area (TPSA) is 149 Å². The Morgan fingerprint density at radius 3 is 0.880 bits per heavy atom. The van der Waals surface area contributed by atoms with Gasteiger partial charge in [-0.25, -0.2) is 0 Å². The van der Waals surface area contributed by atoms with Crippen LogP contribution in [0.25, 0.3) is 0 Å².